The molecule has 2 heterocycles. The van der Waals surface area contributed by atoms with Crippen LogP contribution in [0.1, 0.15) is 43.9 Å². The molecule has 1 fully saturated rings. The first-order chi connectivity index (χ1) is 16.8. The Morgan fingerprint density at radius 2 is 1.80 bits per heavy atom. The number of nitrogens with zero attached hydrogens (tertiary/aromatic N) is 1. The molecular weight excluding hydrogens is 438 g/mol. The van der Waals surface area contributed by atoms with Crippen molar-refractivity contribution >= 4 is 5.57 Å². The van der Waals surface area contributed by atoms with Gasteiger partial charge in [0.15, 0.2) is 5.60 Å². The largest absolute Gasteiger partial charge is 0.508 e. The van der Waals surface area contributed by atoms with Gasteiger partial charge in [-0.05, 0) is 86.8 Å². The number of phenols is 2. The van der Waals surface area contributed by atoms with E-state index in [1.165, 1.54) is 6.42 Å². The molecule has 1 unspecified atom stereocenters. The van der Waals surface area contributed by atoms with Gasteiger partial charge in [-0.2, -0.15) is 0 Å². The van der Waals surface area contributed by atoms with E-state index >= 15 is 0 Å². The molecule has 3 aromatic rings. The summed E-state index contributed by atoms with van der Waals surface area (Å²) in [6.07, 6.45) is 3.31. The average molecular weight is 472 g/mol. The Bertz CT molecular complexity index is 1240. The predicted octanol–water partition coefficient (Wildman–Crippen LogP) is 5.95. The third-order valence-electron chi connectivity index (χ3n) is 7.21. The van der Waals surface area contributed by atoms with Crippen molar-refractivity contribution in [1.29, 1.82) is 0 Å². The number of hydrogen-bond donors (Lipinski definition) is 2. The highest BCUT2D eigenvalue weighted by Gasteiger charge is 2.39. The molecule has 5 rings (SSSR count). The quantitative estimate of drug-likeness (QED) is 0.465. The first-order valence-electron chi connectivity index (χ1n) is 12.3. The lowest BCUT2D eigenvalue weighted by Crippen LogP contribution is -2.35. The molecule has 5 heteroatoms. The molecule has 0 amide bonds. The Labute approximate surface area is 207 Å². The Kier molecular flexibility index (Phi) is 6.20. The van der Waals surface area contributed by atoms with E-state index in [2.05, 4.69) is 24.8 Å². The van der Waals surface area contributed by atoms with Gasteiger partial charge in [0.2, 0.25) is 0 Å². The fourth-order valence-electron chi connectivity index (χ4n) is 5.18. The van der Waals surface area contributed by atoms with Gasteiger partial charge in [0, 0.05) is 29.3 Å². The third-order valence-corrected chi connectivity index (χ3v) is 7.21. The second-order valence-corrected chi connectivity index (χ2v) is 9.97. The van der Waals surface area contributed by atoms with Gasteiger partial charge < -0.3 is 19.7 Å². The van der Waals surface area contributed by atoms with E-state index in [0.29, 0.717) is 18.4 Å². The summed E-state index contributed by atoms with van der Waals surface area (Å²) in [6.45, 7) is 9.46. The van der Waals surface area contributed by atoms with Gasteiger partial charge in [0.1, 0.15) is 29.6 Å². The van der Waals surface area contributed by atoms with Gasteiger partial charge in [-0.25, -0.2) is 0 Å². The Hall–Kier alpha value is -3.44. The molecule has 3 aromatic carbocycles. The molecule has 0 bridgehead atoms. The van der Waals surface area contributed by atoms with E-state index in [9.17, 15) is 10.2 Å². The van der Waals surface area contributed by atoms with E-state index in [1.807, 2.05) is 43.3 Å². The van der Waals surface area contributed by atoms with Gasteiger partial charge in [-0.1, -0.05) is 31.2 Å². The van der Waals surface area contributed by atoms with Gasteiger partial charge in [-0.15, -0.1) is 0 Å². The van der Waals surface area contributed by atoms with Crippen LogP contribution in [-0.2, 0) is 5.60 Å². The number of fused-ring (bicyclic) bond motifs is 1. The van der Waals surface area contributed by atoms with Crippen molar-refractivity contribution in [3.63, 3.8) is 0 Å². The predicted molar refractivity (Wildman–Crippen MR) is 138 cm³/mol. The first-order valence-corrected chi connectivity index (χ1v) is 12.3. The minimum atomic E-state index is -0.926. The zero-order chi connectivity index (χ0) is 24.6. The molecule has 2 aliphatic rings. The minimum Gasteiger partial charge on any atom is -0.508 e. The molecule has 182 valence electrons. The van der Waals surface area contributed by atoms with Crippen molar-refractivity contribution in [3.8, 4) is 23.0 Å². The second-order valence-electron chi connectivity index (χ2n) is 9.97. The van der Waals surface area contributed by atoms with Crippen LogP contribution in [0.3, 0.4) is 0 Å². The van der Waals surface area contributed by atoms with Crippen LogP contribution in [0, 0.1) is 5.92 Å². The van der Waals surface area contributed by atoms with Gasteiger partial charge >= 0.3 is 0 Å². The molecule has 0 spiro atoms. The lowest BCUT2D eigenvalue weighted by molar-refractivity contribution is 0.158. The summed E-state index contributed by atoms with van der Waals surface area (Å²) < 4.78 is 12.8. The van der Waals surface area contributed by atoms with Gasteiger partial charge in [0.25, 0.3) is 0 Å². The Morgan fingerprint density at radius 1 is 1.03 bits per heavy atom. The number of likely N-dealkylation sites (tertiary alicyclic amines) is 1. The number of rotatable bonds is 6. The zero-order valence-electron chi connectivity index (χ0n) is 20.6. The number of benzene rings is 3. The van der Waals surface area contributed by atoms with Crippen LogP contribution in [0.25, 0.3) is 5.57 Å². The van der Waals surface area contributed by atoms with Crippen molar-refractivity contribution in [1.82, 2.24) is 4.90 Å². The van der Waals surface area contributed by atoms with Crippen LogP contribution in [0.2, 0.25) is 0 Å². The second kappa shape index (κ2) is 9.31. The van der Waals surface area contributed by atoms with E-state index in [-0.39, 0.29) is 11.5 Å². The molecule has 2 aliphatic heterocycles. The molecule has 3 atom stereocenters. The number of ether oxygens (including phenoxy) is 2. The van der Waals surface area contributed by atoms with Crippen molar-refractivity contribution in [2.24, 2.45) is 5.92 Å². The minimum absolute atomic E-state index is 0.179. The first kappa shape index (κ1) is 23.3. The highest BCUT2D eigenvalue weighted by atomic mass is 16.5. The lowest BCUT2D eigenvalue weighted by Gasteiger charge is -2.37. The standard InChI is InChI=1S/C30H33NO4/c1-20-13-14-31(18-20)22(3)19-34-27-10-7-23(8-11-27)30(24-5-4-6-25(32)15-24)17-21(2)28-16-26(33)9-12-29(28)35-30/h4-12,15-17,20,22,32-33H,13-14,18-19H2,1-3H3/t20-,22+,30?/m1/s1. The molecule has 0 aromatic heterocycles. The van der Waals surface area contributed by atoms with E-state index in [0.717, 1.165) is 47.0 Å². The summed E-state index contributed by atoms with van der Waals surface area (Å²) in [5.74, 6) is 2.63. The SMILES string of the molecule is CC1=CC(c2ccc(OC[C@H](C)N3CC[C@@H](C)C3)cc2)(c2cccc(O)c2)Oc2ccc(O)cc21. The maximum absolute atomic E-state index is 10.2. The van der Waals surface area contributed by atoms with E-state index < -0.39 is 5.60 Å². The summed E-state index contributed by atoms with van der Waals surface area (Å²) in [5.41, 5.74) is 2.66. The van der Waals surface area contributed by atoms with Crippen LogP contribution >= 0.6 is 0 Å². The highest BCUT2D eigenvalue weighted by molar-refractivity contribution is 5.75. The topological polar surface area (TPSA) is 62.2 Å². The van der Waals surface area contributed by atoms with Crippen LogP contribution in [0.5, 0.6) is 23.0 Å². The molecular formula is C30H33NO4. The van der Waals surface area contributed by atoms with Crippen molar-refractivity contribution < 1.29 is 19.7 Å². The zero-order valence-corrected chi connectivity index (χ0v) is 20.6. The number of hydrogen-bond acceptors (Lipinski definition) is 5. The Balaban J connectivity index is 1.44. The molecule has 1 saturated heterocycles. The van der Waals surface area contributed by atoms with E-state index in [4.69, 9.17) is 9.47 Å². The molecule has 2 N–H and O–H groups in total. The number of allylic oxidation sites excluding steroid dienone is 1. The smallest absolute Gasteiger partial charge is 0.178 e. The fraction of sp³-hybridized carbons (Fsp3) is 0.333. The van der Waals surface area contributed by atoms with Crippen LogP contribution < -0.4 is 9.47 Å². The van der Waals surface area contributed by atoms with Crippen LogP contribution in [0.4, 0.5) is 0 Å². The lowest BCUT2D eigenvalue weighted by atomic mass is 9.81. The van der Waals surface area contributed by atoms with Crippen molar-refractivity contribution in [2.45, 2.75) is 38.8 Å². The molecule has 0 aliphatic carbocycles. The monoisotopic (exact) mass is 471 g/mol. The van der Waals surface area contributed by atoms with E-state index in [1.54, 1.807) is 30.3 Å². The molecule has 0 radical (unpaired) electrons. The summed E-state index contributed by atoms with van der Waals surface area (Å²) in [5, 5.41) is 20.2. The summed E-state index contributed by atoms with van der Waals surface area (Å²) in [7, 11) is 0. The average Bonchev–Trinajstić information content (AvgIpc) is 3.29. The molecule has 35 heavy (non-hydrogen) atoms. The van der Waals surface area contributed by atoms with Gasteiger partial charge in [-0.3, -0.25) is 4.90 Å². The maximum Gasteiger partial charge on any atom is 0.178 e. The fourth-order valence-corrected chi connectivity index (χ4v) is 5.18. The molecule has 0 saturated carbocycles. The number of phenolic OH excluding ortho intramolecular Hbond substituents is 2. The summed E-state index contributed by atoms with van der Waals surface area (Å²) >= 11 is 0. The van der Waals surface area contributed by atoms with Crippen molar-refractivity contribution in [2.75, 3.05) is 19.7 Å². The highest BCUT2D eigenvalue weighted by Crippen LogP contribution is 2.46. The summed E-state index contributed by atoms with van der Waals surface area (Å²) in [6, 6.07) is 20.7. The summed E-state index contributed by atoms with van der Waals surface area (Å²) in [4.78, 5) is 2.49. The number of aromatic hydroxyl groups is 2. The van der Waals surface area contributed by atoms with Gasteiger partial charge in [0.05, 0.1) is 0 Å². The van der Waals surface area contributed by atoms with Crippen molar-refractivity contribution in [3.05, 3.63) is 89.5 Å². The molecule has 5 nitrogen and oxygen atoms in total. The maximum atomic E-state index is 10.2. The Morgan fingerprint density at radius 3 is 2.51 bits per heavy atom. The third kappa shape index (κ3) is 4.61. The normalized spacial score (nSPS) is 22.7. The van der Waals surface area contributed by atoms with Crippen LogP contribution in [0.15, 0.2) is 72.8 Å². The van der Waals surface area contributed by atoms with Crippen LogP contribution in [-0.4, -0.2) is 40.9 Å².